The van der Waals surface area contributed by atoms with E-state index >= 15 is 0 Å². The molecule has 1 heterocycles. The van der Waals surface area contributed by atoms with Crippen LogP contribution < -0.4 is 10.6 Å². The average molecular weight is 409 g/mol. The van der Waals surface area contributed by atoms with Crippen molar-refractivity contribution < 1.29 is 9.53 Å². The molecule has 1 amide bonds. The fourth-order valence-electron chi connectivity index (χ4n) is 3.32. The predicted octanol–water partition coefficient (Wildman–Crippen LogP) is 3.34. The summed E-state index contributed by atoms with van der Waals surface area (Å²) in [6.07, 6.45) is 1.90. The summed E-state index contributed by atoms with van der Waals surface area (Å²) in [7, 11) is 0. The van der Waals surface area contributed by atoms with E-state index in [0.717, 1.165) is 51.4 Å². The summed E-state index contributed by atoms with van der Waals surface area (Å²) < 4.78 is 5.40. The van der Waals surface area contributed by atoms with Gasteiger partial charge in [0.25, 0.3) is 5.91 Å². The van der Waals surface area contributed by atoms with E-state index in [1.807, 2.05) is 36.4 Å². The standard InChI is InChI=1S/C24H32N4O2/c1-3-19-8-10-21(11-9-19)23(29)27-24(25-12-13-28-14-16-30-17-15-28)26-22-7-5-6-20(4-2)18-22/h5-11,18H,3-4,12-17H2,1-2H3,(H2,25,26,27,29). The van der Waals surface area contributed by atoms with E-state index in [4.69, 9.17) is 4.74 Å². The molecule has 1 aliphatic rings. The van der Waals surface area contributed by atoms with Crippen LogP contribution in [-0.2, 0) is 17.6 Å². The number of aryl methyl sites for hydroxylation is 2. The summed E-state index contributed by atoms with van der Waals surface area (Å²) in [5.74, 6) is 0.308. The second-order valence-corrected chi connectivity index (χ2v) is 7.37. The van der Waals surface area contributed by atoms with Gasteiger partial charge >= 0.3 is 0 Å². The van der Waals surface area contributed by atoms with E-state index in [2.05, 4.69) is 46.5 Å². The van der Waals surface area contributed by atoms with Gasteiger partial charge in [0.05, 0.1) is 19.8 Å². The highest BCUT2D eigenvalue weighted by atomic mass is 16.5. The first-order valence-corrected chi connectivity index (χ1v) is 10.8. The van der Waals surface area contributed by atoms with Crippen LogP contribution in [0.15, 0.2) is 53.5 Å². The number of carbonyl (C=O) groups excluding carboxylic acids is 1. The lowest BCUT2D eigenvalue weighted by atomic mass is 10.1. The number of morpholine rings is 1. The molecule has 6 heteroatoms. The number of nitrogens with one attached hydrogen (secondary N) is 2. The number of amides is 1. The summed E-state index contributed by atoms with van der Waals surface area (Å²) in [6.45, 7) is 9.04. The number of benzene rings is 2. The normalized spacial score (nSPS) is 15.1. The predicted molar refractivity (Wildman–Crippen MR) is 122 cm³/mol. The number of aliphatic imine (C=N–C) groups is 1. The summed E-state index contributed by atoms with van der Waals surface area (Å²) in [4.78, 5) is 19.8. The largest absolute Gasteiger partial charge is 0.379 e. The SMILES string of the molecule is CCc1ccc(C(=O)NC(=NCCN2CCOCC2)Nc2cccc(CC)c2)cc1. The van der Waals surface area contributed by atoms with Crippen molar-refractivity contribution in [2.24, 2.45) is 4.99 Å². The van der Waals surface area contributed by atoms with Gasteiger partial charge in [0.15, 0.2) is 0 Å². The monoisotopic (exact) mass is 408 g/mol. The molecule has 1 saturated heterocycles. The van der Waals surface area contributed by atoms with Gasteiger partial charge in [-0.15, -0.1) is 0 Å². The van der Waals surface area contributed by atoms with Gasteiger partial charge in [0.1, 0.15) is 0 Å². The average Bonchev–Trinajstić information content (AvgIpc) is 2.80. The number of guanidine groups is 1. The van der Waals surface area contributed by atoms with Gasteiger partial charge in [0, 0.05) is 30.9 Å². The maximum Gasteiger partial charge on any atom is 0.257 e. The second kappa shape index (κ2) is 11.5. The van der Waals surface area contributed by atoms with Crippen molar-refractivity contribution in [1.82, 2.24) is 10.2 Å². The third-order valence-corrected chi connectivity index (χ3v) is 5.24. The molecule has 0 aliphatic carbocycles. The van der Waals surface area contributed by atoms with E-state index in [1.54, 1.807) is 0 Å². The van der Waals surface area contributed by atoms with Crippen LogP contribution in [0.1, 0.15) is 35.3 Å². The lowest BCUT2D eigenvalue weighted by Crippen LogP contribution is -2.39. The Morgan fingerprint density at radius 3 is 2.47 bits per heavy atom. The third-order valence-electron chi connectivity index (χ3n) is 5.24. The molecule has 1 fully saturated rings. The van der Waals surface area contributed by atoms with Crippen LogP contribution >= 0.6 is 0 Å². The molecule has 2 aromatic carbocycles. The van der Waals surface area contributed by atoms with Crippen LogP contribution in [0.5, 0.6) is 0 Å². The first kappa shape index (κ1) is 22.0. The van der Waals surface area contributed by atoms with Gasteiger partial charge in [-0.2, -0.15) is 0 Å². The Morgan fingerprint density at radius 2 is 1.77 bits per heavy atom. The van der Waals surface area contributed by atoms with Crippen LogP contribution in [0.2, 0.25) is 0 Å². The molecule has 2 N–H and O–H groups in total. The van der Waals surface area contributed by atoms with E-state index in [1.165, 1.54) is 11.1 Å². The molecular formula is C24H32N4O2. The van der Waals surface area contributed by atoms with Crippen molar-refractivity contribution in [2.45, 2.75) is 26.7 Å². The molecule has 160 valence electrons. The zero-order valence-electron chi connectivity index (χ0n) is 18.0. The molecule has 6 nitrogen and oxygen atoms in total. The molecule has 3 rings (SSSR count). The van der Waals surface area contributed by atoms with E-state index < -0.39 is 0 Å². The van der Waals surface area contributed by atoms with Gasteiger partial charge in [-0.05, 0) is 48.2 Å². The van der Waals surface area contributed by atoms with Crippen LogP contribution in [0.25, 0.3) is 0 Å². The van der Waals surface area contributed by atoms with Gasteiger partial charge < -0.3 is 10.1 Å². The van der Waals surface area contributed by atoms with Crippen molar-refractivity contribution in [1.29, 1.82) is 0 Å². The number of anilines is 1. The summed E-state index contributed by atoms with van der Waals surface area (Å²) in [6, 6.07) is 15.9. The Balaban J connectivity index is 1.69. The fourth-order valence-corrected chi connectivity index (χ4v) is 3.32. The zero-order valence-corrected chi connectivity index (χ0v) is 18.0. The fraction of sp³-hybridized carbons (Fsp3) is 0.417. The van der Waals surface area contributed by atoms with Gasteiger partial charge in [0.2, 0.25) is 5.96 Å². The van der Waals surface area contributed by atoms with E-state index in [-0.39, 0.29) is 5.91 Å². The minimum atomic E-state index is -0.165. The van der Waals surface area contributed by atoms with Crippen molar-refractivity contribution in [3.05, 3.63) is 65.2 Å². The highest BCUT2D eigenvalue weighted by molar-refractivity contribution is 6.10. The molecule has 0 radical (unpaired) electrons. The second-order valence-electron chi connectivity index (χ2n) is 7.37. The topological polar surface area (TPSA) is 66.0 Å². The molecule has 0 unspecified atom stereocenters. The Kier molecular flexibility index (Phi) is 8.41. The van der Waals surface area contributed by atoms with Crippen LogP contribution in [0.3, 0.4) is 0 Å². The first-order valence-electron chi connectivity index (χ1n) is 10.8. The molecule has 0 aromatic heterocycles. The molecule has 1 aliphatic heterocycles. The van der Waals surface area contributed by atoms with Crippen LogP contribution in [-0.4, -0.2) is 56.2 Å². The molecule has 2 aromatic rings. The Bertz CT molecular complexity index is 843. The quantitative estimate of drug-likeness (QED) is 0.545. The maximum atomic E-state index is 12.8. The number of hydrogen-bond donors (Lipinski definition) is 2. The summed E-state index contributed by atoms with van der Waals surface area (Å²) in [5, 5.41) is 6.24. The van der Waals surface area contributed by atoms with E-state index in [9.17, 15) is 4.79 Å². The van der Waals surface area contributed by atoms with Gasteiger partial charge in [-0.1, -0.05) is 38.1 Å². The lowest BCUT2D eigenvalue weighted by molar-refractivity contribution is 0.0394. The molecule has 0 saturated carbocycles. The van der Waals surface area contributed by atoms with Gasteiger partial charge in [-0.3, -0.25) is 20.0 Å². The number of hydrogen-bond acceptors (Lipinski definition) is 4. The number of ether oxygens (including phenoxy) is 1. The third kappa shape index (κ3) is 6.68. The van der Waals surface area contributed by atoms with Crippen molar-refractivity contribution in [3.8, 4) is 0 Å². The summed E-state index contributed by atoms with van der Waals surface area (Å²) >= 11 is 0. The molecule has 30 heavy (non-hydrogen) atoms. The molecule has 0 atom stereocenters. The maximum absolute atomic E-state index is 12.8. The zero-order chi connectivity index (χ0) is 21.2. The minimum Gasteiger partial charge on any atom is -0.379 e. The van der Waals surface area contributed by atoms with Crippen LogP contribution in [0, 0.1) is 0 Å². The lowest BCUT2D eigenvalue weighted by Gasteiger charge is -2.25. The smallest absolute Gasteiger partial charge is 0.257 e. The van der Waals surface area contributed by atoms with Crippen molar-refractivity contribution in [3.63, 3.8) is 0 Å². The van der Waals surface area contributed by atoms with Crippen molar-refractivity contribution >= 4 is 17.6 Å². The number of rotatable bonds is 7. The van der Waals surface area contributed by atoms with E-state index in [0.29, 0.717) is 18.1 Å². The Hall–Kier alpha value is -2.70. The highest BCUT2D eigenvalue weighted by Gasteiger charge is 2.12. The van der Waals surface area contributed by atoms with Crippen molar-refractivity contribution in [2.75, 3.05) is 44.7 Å². The molecule has 0 bridgehead atoms. The van der Waals surface area contributed by atoms with Crippen LogP contribution in [0.4, 0.5) is 5.69 Å². The Labute approximate surface area is 179 Å². The molecular weight excluding hydrogens is 376 g/mol. The number of carbonyl (C=O) groups is 1. The molecule has 0 spiro atoms. The summed E-state index contributed by atoms with van der Waals surface area (Å²) in [5.41, 5.74) is 3.98. The minimum absolute atomic E-state index is 0.165. The number of nitrogens with zero attached hydrogens (tertiary/aromatic N) is 2. The highest BCUT2D eigenvalue weighted by Crippen LogP contribution is 2.11. The Morgan fingerprint density at radius 1 is 1.03 bits per heavy atom. The first-order chi connectivity index (χ1) is 14.7. The van der Waals surface area contributed by atoms with Gasteiger partial charge in [-0.25, -0.2) is 0 Å².